The van der Waals surface area contributed by atoms with Gasteiger partial charge in [0.1, 0.15) is 0 Å². The smallest absolute Gasteiger partial charge is 0.000274 e. The van der Waals surface area contributed by atoms with Crippen LogP contribution >= 0.6 is 0 Å². The van der Waals surface area contributed by atoms with E-state index in [1.807, 2.05) is 0 Å². The van der Waals surface area contributed by atoms with Gasteiger partial charge in [0.15, 0.2) is 0 Å². The van der Waals surface area contributed by atoms with E-state index in [-0.39, 0.29) is 0 Å². The molecular formula is C9H19N. The molecule has 1 atom stereocenters. The van der Waals surface area contributed by atoms with Gasteiger partial charge in [0.2, 0.25) is 0 Å². The van der Waals surface area contributed by atoms with Crippen molar-refractivity contribution in [3.05, 3.63) is 0 Å². The van der Waals surface area contributed by atoms with Gasteiger partial charge in [0.05, 0.1) is 0 Å². The summed E-state index contributed by atoms with van der Waals surface area (Å²) in [6, 6.07) is 0. The van der Waals surface area contributed by atoms with Crippen LogP contribution in [-0.4, -0.2) is 13.1 Å². The highest BCUT2D eigenvalue weighted by Crippen LogP contribution is 2.29. The highest BCUT2D eigenvalue weighted by atomic mass is 14.9. The molecule has 1 heterocycles. The molecule has 1 unspecified atom stereocenters. The molecular weight excluding hydrogens is 122 g/mol. The van der Waals surface area contributed by atoms with Crippen molar-refractivity contribution in [3.8, 4) is 0 Å². The molecule has 60 valence electrons. The zero-order valence-corrected chi connectivity index (χ0v) is 7.41. The van der Waals surface area contributed by atoms with Gasteiger partial charge in [0.25, 0.3) is 0 Å². The van der Waals surface area contributed by atoms with Crippen molar-refractivity contribution in [1.82, 2.24) is 5.32 Å². The van der Waals surface area contributed by atoms with Crippen LogP contribution in [0.4, 0.5) is 0 Å². The van der Waals surface area contributed by atoms with E-state index in [4.69, 9.17) is 0 Å². The molecule has 1 aliphatic heterocycles. The Hall–Kier alpha value is -0.0400. The molecule has 1 fully saturated rings. The van der Waals surface area contributed by atoms with Crippen molar-refractivity contribution >= 4 is 0 Å². The highest BCUT2D eigenvalue weighted by molar-refractivity contribution is 4.81. The molecule has 1 saturated heterocycles. The van der Waals surface area contributed by atoms with Crippen LogP contribution in [0.1, 0.15) is 33.6 Å². The Morgan fingerprint density at radius 1 is 1.50 bits per heavy atom. The Balaban J connectivity index is 2.40. The largest absolute Gasteiger partial charge is 0.316 e. The molecule has 1 rings (SSSR count). The lowest BCUT2D eigenvalue weighted by Gasteiger charge is -2.35. The fraction of sp³-hybridized carbons (Fsp3) is 1.00. The highest BCUT2D eigenvalue weighted by Gasteiger charge is 2.26. The maximum atomic E-state index is 3.48. The molecule has 0 aromatic carbocycles. The Labute approximate surface area is 64.2 Å². The normalized spacial score (nSPS) is 32.1. The lowest BCUT2D eigenvalue weighted by atomic mass is 9.79. The standard InChI is InChI=1S/C9H19N/c1-4-8-5-9(2,3)7-10-6-8/h8,10H,4-7H2,1-3H3. The molecule has 0 radical (unpaired) electrons. The summed E-state index contributed by atoms with van der Waals surface area (Å²) in [5.41, 5.74) is 0.541. The second-order valence-electron chi connectivity index (χ2n) is 4.27. The van der Waals surface area contributed by atoms with E-state index in [0.717, 1.165) is 5.92 Å². The first-order valence-electron chi connectivity index (χ1n) is 4.35. The molecule has 1 aliphatic rings. The first-order chi connectivity index (χ1) is 4.64. The second-order valence-corrected chi connectivity index (χ2v) is 4.27. The number of hydrogen-bond donors (Lipinski definition) is 1. The predicted octanol–water partition coefficient (Wildman–Crippen LogP) is 2.03. The van der Waals surface area contributed by atoms with Gasteiger partial charge in [0, 0.05) is 6.54 Å². The maximum Gasteiger partial charge on any atom is 0.000274 e. The third-order valence-electron chi connectivity index (χ3n) is 2.46. The summed E-state index contributed by atoms with van der Waals surface area (Å²) >= 11 is 0. The maximum absolute atomic E-state index is 3.48. The fourth-order valence-electron chi connectivity index (χ4n) is 1.83. The van der Waals surface area contributed by atoms with Crippen LogP contribution in [0.3, 0.4) is 0 Å². The first kappa shape index (κ1) is 8.06. The minimum absolute atomic E-state index is 0.541. The van der Waals surface area contributed by atoms with Crippen molar-refractivity contribution in [2.45, 2.75) is 33.6 Å². The molecule has 0 bridgehead atoms. The molecule has 1 heteroatoms. The molecule has 0 spiro atoms. The first-order valence-corrected chi connectivity index (χ1v) is 4.35. The summed E-state index contributed by atoms with van der Waals surface area (Å²) in [6.45, 7) is 9.42. The van der Waals surface area contributed by atoms with Gasteiger partial charge in [-0.15, -0.1) is 0 Å². The zero-order valence-electron chi connectivity index (χ0n) is 7.41. The van der Waals surface area contributed by atoms with E-state index < -0.39 is 0 Å². The molecule has 0 aliphatic carbocycles. The number of hydrogen-bond acceptors (Lipinski definition) is 1. The average molecular weight is 141 g/mol. The minimum Gasteiger partial charge on any atom is -0.316 e. The molecule has 0 aromatic rings. The molecule has 0 aromatic heterocycles. The van der Waals surface area contributed by atoms with Crippen molar-refractivity contribution in [2.24, 2.45) is 11.3 Å². The second kappa shape index (κ2) is 2.91. The number of piperidine rings is 1. The third kappa shape index (κ3) is 1.98. The lowest BCUT2D eigenvalue weighted by Crippen LogP contribution is -2.40. The van der Waals surface area contributed by atoms with E-state index in [1.165, 1.54) is 25.9 Å². The Morgan fingerprint density at radius 3 is 2.60 bits per heavy atom. The quantitative estimate of drug-likeness (QED) is 0.589. The Bertz CT molecular complexity index is 107. The Kier molecular flexibility index (Phi) is 2.35. The van der Waals surface area contributed by atoms with Gasteiger partial charge in [-0.2, -0.15) is 0 Å². The lowest BCUT2D eigenvalue weighted by molar-refractivity contribution is 0.197. The molecule has 1 N–H and O–H groups in total. The summed E-state index contributed by atoms with van der Waals surface area (Å²) in [5.74, 6) is 0.920. The SMILES string of the molecule is CCC1CNCC(C)(C)C1. The summed E-state index contributed by atoms with van der Waals surface area (Å²) in [7, 11) is 0. The van der Waals surface area contributed by atoms with Crippen LogP contribution in [0.5, 0.6) is 0 Å². The molecule has 0 saturated carbocycles. The van der Waals surface area contributed by atoms with E-state index in [2.05, 4.69) is 26.1 Å². The fourth-order valence-corrected chi connectivity index (χ4v) is 1.83. The van der Waals surface area contributed by atoms with Crippen LogP contribution in [-0.2, 0) is 0 Å². The predicted molar refractivity (Wildman–Crippen MR) is 45.0 cm³/mol. The number of rotatable bonds is 1. The van der Waals surface area contributed by atoms with E-state index in [0.29, 0.717) is 5.41 Å². The number of nitrogens with one attached hydrogen (secondary N) is 1. The summed E-state index contributed by atoms with van der Waals surface area (Å²) in [5, 5.41) is 3.48. The average Bonchev–Trinajstić information content (AvgIpc) is 1.86. The van der Waals surface area contributed by atoms with E-state index >= 15 is 0 Å². The van der Waals surface area contributed by atoms with Gasteiger partial charge in [-0.1, -0.05) is 27.2 Å². The van der Waals surface area contributed by atoms with Crippen LogP contribution < -0.4 is 5.32 Å². The monoisotopic (exact) mass is 141 g/mol. The van der Waals surface area contributed by atoms with Gasteiger partial charge < -0.3 is 5.32 Å². The van der Waals surface area contributed by atoms with Crippen molar-refractivity contribution < 1.29 is 0 Å². The Morgan fingerprint density at radius 2 is 2.20 bits per heavy atom. The van der Waals surface area contributed by atoms with Crippen molar-refractivity contribution in [1.29, 1.82) is 0 Å². The van der Waals surface area contributed by atoms with Gasteiger partial charge in [-0.3, -0.25) is 0 Å². The molecule has 10 heavy (non-hydrogen) atoms. The molecule has 1 nitrogen and oxygen atoms in total. The van der Waals surface area contributed by atoms with Gasteiger partial charge >= 0.3 is 0 Å². The van der Waals surface area contributed by atoms with E-state index in [1.54, 1.807) is 0 Å². The summed E-state index contributed by atoms with van der Waals surface area (Å²) in [6.07, 6.45) is 2.73. The minimum atomic E-state index is 0.541. The summed E-state index contributed by atoms with van der Waals surface area (Å²) < 4.78 is 0. The molecule has 0 amide bonds. The van der Waals surface area contributed by atoms with Gasteiger partial charge in [-0.05, 0) is 24.3 Å². The summed E-state index contributed by atoms with van der Waals surface area (Å²) in [4.78, 5) is 0. The topological polar surface area (TPSA) is 12.0 Å². The van der Waals surface area contributed by atoms with Crippen LogP contribution in [0.2, 0.25) is 0 Å². The van der Waals surface area contributed by atoms with E-state index in [9.17, 15) is 0 Å². The van der Waals surface area contributed by atoms with Crippen LogP contribution in [0.25, 0.3) is 0 Å². The van der Waals surface area contributed by atoms with Crippen molar-refractivity contribution in [2.75, 3.05) is 13.1 Å². The zero-order chi connectivity index (χ0) is 7.61. The van der Waals surface area contributed by atoms with Crippen LogP contribution in [0, 0.1) is 11.3 Å². The third-order valence-corrected chi connectivity index (χ3v) is 2.46. The van der Waals surface area contributed by atoms with Crippen molar-refractivity contribution in [3.63, 3.8) is 0 Å². The van der Waals surface area contributed by atoms with Gasteiger partial charge in [-0.25, -0.2) is 0 Å². The van der Waals surface area contributed by atoms with Crippen LogP contribution in [0.15, 0.2) is 0 Å².